The molecule has 30 heavy (non-hydrogen) atoms. The summed E-state index contributed by atoms with van der Waals surface area (Å²) in [5.74, 6) is -0.500. The standard InChI is InChI=1S/C24H25N3O3/c28-23(25-15-18-7-2-1-3-8-18)24(29)26-16-21(22-11-6-14-30-22)27-13-12-19-9-4-5-10-20(19)17-27/h1-11,14,21H,12-13,15-17H2,(H,25,28)(H,26,29)/t21-/m1/s1. The molecule has 0 unspecified atom stereocenters. The Hall–Kier alpha value is -3.38. The largest absolute Gasteiger partial charge is 0.468 e. The van der Waals surface area contributed by atoms with Crippen LogP contribution in [0.4, 0.5) is 0 Å². The minimum atomic E-state index is -0.639. The highest BCUT2D eigenvalue weighted by Crippen LogP contribution is 2.27. The summed E-state index contributed by atoms with van der Waals surface area (Å²) in [5, 5.41) is 5.44. The summed E-state index contributed by atoms with van der Waals surface area (Å²) in [5.41, 5.74) is 3.59. The summed E-state index contributed by atoms with van der Waals surface area (Å²) in [4.78, 5) is 26.8. The number of hydrogen-bond acceptors (Lipinski definition) is 4. The maximum atomic E-state index is 12.3. The molecular formula is C24H25N3O3. The fourth-order valence-corrected chi connectivity index (χ4v) is 3.80. The second-order valence-electron chi connectivity index (χ2n) is 7.40. The Bertz CT molecular complexity index is 986. The van der Waals surface area contributed by atoms with Gasteiger partial charge in [0.25, 0.3) is 0 Å². The quantitative estimate of drug-likeness (QED) is 0.621. The van der Waals surface area contributed by atoms with Crippen molar-refractivity contribution in [3.8, 4) is 0 Å². The summed E-state index contributed by atoms with van der Waals surface area (Å²) in [7, 11) is 0. The zero-order chi connectivity index (χ0) is 20.8. The Balaban J connectivity index is 1.37. The molecule has 0 bridgehead atoms. The lowest BCUT2D eigenvalue weighted by Crippen LogP contribution is -2.45. The van der Waals surface area contributed by atoms with Crippen LogP contribution in [0.3, 0.4) is 0 Å². The van der Waals surface area contributed by atoms with E-state index < -0.39 is 11.8 Å². The van der Waals surface area contributed by atoms with E-state index in [1.54, 1.807) is 6.26 Å². The van der Waals surface area contributed by atoms with Crippen LogP contribution >= 0.6 is 0 Å². The van der Waals surface area contributed by atoms with Gasteiger partial charge in [-0.2, -0.15) is 0 Å². The lowest BCUT2D eigenvalue weighted by atomic mass is 9.98. The summed E-state index contributed by atoms with van der Waals surface area (Å²) in [6.45, 7) is 2.25. The number of nitrogens with zero attached hydrogens (tertiary/aromatic N) is 1. The zero-order valence-electron chi connectivity index (χ0n) is 16.7. The predicted molar refractivity (Wildman–Crippen MR) is 113 cm³/mol. The van der Waals surface area contributed by atoms with Gasteiger partial charge in [0, 0.05) is 26.2 Å². The first-order valence-electron chi connectivity index (χ1n) is 10.1. The molecule has 0 spiro atoms. The average molecular weight is 403 g/mol. The lowest BCUT2D eigenvalue weighted by Gasteiger charge is -2.34. The van der Waals surface area contributed by atoms with E-state index in [0.29, 0.717) is 13.1 Å². The Kier molecular flexibility index (Phi) is 6.25. The van der Waals surface area contributed by atoms with E-state index in [9.17, 15) is 9.59 Å². The van der Waals surface area contributed by atoms with Crippen molar-refractivity contribution >= 4 is 11.8 Å². The number of carbonyl (C=O) groups is 2. The molecule has 2 amide bonds. The van der Waals surface area contributed by atoms with Gasteiger partial charge in [-0.1, -0.05) is 54.6 Å². The molecule has 2 aromatic carbocycles. The van der Waals surface area contributed by atoms with E-state index in [0.717, 1.165) is 30.8 Å². The highest BCUT2D eigenvalue weighted by Gasteiger charge is 2.27. The first-order chi connectivity index (χ1) is 14.7. The number of rotatable bonds is 6. The van der Waals surface area contributed by atoms with E-state index in [2.05, 4.69) is 33.7 Å². The molecule has 1 aromatic heterocycles. The lowest BCUT2D eigenvalue weighted by molar-refractivity contribution is -0.139. The molecule has 2 heterocycles. The maximum absolute atomic E-state index is 12.3. The Labute approximate surface area is 175 Å². The molecule has 154 valence electrons. The first-order valence-corrected chi connectivity index (χ1v) is 10.1. The SMILES string of the molecule is O=C(NCc1ccccc1)C(=O)NC[C@H](c1ccco1)N1CCc2ccccc2C1. The third-order valence-electron chi connectivity index (χ3n) is 5.43. The van der Waals surface area contributed by atoms with Crippen molar-refractivity contribution in [3.63, 3.8) is 0 Å². The third-order valence-corrected chi connectivity index (χ3v) is 5.43. The number of amides is 2. The van der Waals surface area contributed by atoms with Crippen molar-refractivity contribution in [2.24, 2.45) is 0 Å². The van der Waals surface area contributed by atoms with Crippen LogP contribution in [-0.2, 0) is 29.1 Å². The number of hydrogen-bond donors (Lipinski definition) is 2. The highest BCUT2D eigenvalue weighted by atomic mass is 16.3. The second-order valence-corrected chi connectivity index (χ2v) is 7.40. The van der Waals surface area contributed by atoms with Gasteiger partial charge in [-0.05, 0) is 35.2 Å². The van der Waals surface area contributed by atoms with E-state index in [1.165, 1.54) is 11.1 Å². The minimum absolute atomic E-state index is 0.140. The first kappa shape index (κ1) is 19.9. The second kappa shape index (κ2) is 9.41. The molecule has 0 saturated heterocycles. The molecule has 6 heteroatoms. The fraction of sp³-hybridized carbons (Fsp3) is 0.250. The summed E-state index contributed by atoms with van der Waals surface area (Å²) in [6.07, 6.45) is 2.58. The van der Waals surface area contributed by atoms with Crippen molar-refractivity contribution in [1.82, 2.24) is 15.5 Å². The molecule has 1 aliphatic heterocycles. The number of fused-ring (bicyclic) bond motifs is 1. The highest BCUT2D eigenvalue weighted by molar-refractivity contribution is 6.35. The molecule has 6 nitrogen and oxygen atoms in total. The number of carbonyl (C=O) groups excluding carboxylic acids is 2. The van der Waals surface area contributed by atoms with Crippen LogP contribution in [0.2, 0.25) is 0 Å². The van der Waals surface area contributed by atoms with Crippen molar-refractivity contribution in [3.05, 3.63) is 95.4 Å². The summed E-state index contributed by atoms with van der Waals surface area (Å²) < 4.78 is 5.64. The van der Waals surface area contributed by atoms with Gasteiger partial charge >= 0.3 is 11.8 Å². The molecule has 0 saturated carbocycles. The van der Waals surface area contributed by atoms with Crippen LogP contribution in [0.5, 0.6) is 0 Å². The molecular weight excluding hydrogens is 378 g/mol. The van der Waals surface area contributed by atoms with Gasteiger partial charge in [0.15, 0.2) is 0 Å². The van der Waals surface area contributed by atoms with E-state index in [1.807, 2.05) is 48.5 Å². The van der Waals surface area contributed by atoms with Crippen LogP contribution < -0.4 is 10.6 Å². The summed E-state index contributed by atoms with van der Waals surface area (Å²) >= 11 is 0. The van der Waals surface area contributed by atoms with E-state index in [4.69, 9.17) is 4.42 Å². The molecule has 0 aliphatic carbocycles. The van der Waals surface area contributed by atoms with Gasteiger partial charge in [0.1, 0.15) is 5.76 Å². The third kappa shape index (κ3) is 4.78. The average Bonchev–Trinajstić information content (AvgIpc) is 3.32. The Morgan fingerprint density at radius 2 is 1.63 bits per heavy atom. The molecule has 1 atom stereocenters. The van der Waals surface area contributed by atoms with Gasteiger partial charge in [-0.25, -0.2) is 0 Å². The molecule has 1 aliphatic rings. The molecule has 4 rings (SSSR count). The monoisotopic (exact) mass is 403 g/mol. The molecule has 3 aromatic rings. The van der Waals surface area contributed by atoms with Gasteiger partial charge in [-0.3, -0.25) is 14.5 Å². The molecule has 2 N–H and O–H groups in total. The van der Waals surface area contributed by atoms with Crippen LogP contribution in [-0.4, -0.2) is 29.8 Å². The van der Waals surface area contributed by atoms with Crippen molar-refractivity contribution in [2.75, 3.05) is 13.1 Å². The Morgan fingerprint density at radius 1 is 0.900 bits per heavy atom. The van der Waals surface area contributed by atoms with Gasteiger partial charge in [-0.15, -0.1) is 0 Å². The van der Waals surface area contributed by atoms with Gasteiger partial charge < -0.3 is 15.1 Å². The van der Waals surface area contributed by atoms with Crippen LogP contribution in [0, 0.1) is 0 Å². The van der Waals surface area contributed by atoms with Crippen LogP contribution in [0.25, 0.3) is 0 Å². The van der Waals surface area contributed by atoms with Crippen LogP contribution in [0.1, 0.15) is 28.5 Å². The molecule has 0 fully saturated rings. The minimum Gasteiger partial charge on any atom is -0.468 e. The fourth-order valence-electron chi connectivity index (χ4n) is 3.80. The zero-order valence-corrected chi connectivity index (χ0v) is 16.7. The topological polar surface area (TPSA) is 74.6 Å². The summed E-state index contributed by atoms with van der Waals surface area (Å²) in [6, 6.07) is 21.5. The molecule has 0 radical (unpaired) electrons. The smallest absolute Gasteiger partial charge is 0.309 e. The predicted octanol–water partition coefficient (Wildman–Crippen LogP) is 2.81. The van der Waals surface area contributed by atoms with Gasteiger partial charge in [0.05, 0.1) is 12.3 Å². The number of nitrogens with one attached hydrogen (secondary N) is 2. The number of benzene rings is 2. The van der Waals surface area contributed by atoms with E-state index >= 15 is 0 Å². The number of furan rings is 1. The van der Waals surface area contributed by atoms with Crippen LogP contribution in [0.15, 0.2) is 77.4 Å². The van der Waals surface area contributed by atoms with Crippen molar-refractivity contribution in [1.29, 1.82) is 0 Å². The normalized spacial score (nSPS) is 14.5. The Morgan fingerprint density at radius 3 is 2.40 bits per heavy atom. The maximum Gasteiger partial charge on any atom is 0.309 e. The van der Waals surface area contributed by atoms with Crippen molar-refractivity contribution < 1.29 is 14.0 Å². The van der Waals surface area contributed by atoms with Crippen molar-refractivity contribution in [2.45, 2.75) is 25.6 Å². The van der Waals surface area contributed by atoms with E-state index in [-0.39, 0.29) is 6.04 Å². The van der Waals surface area contributed by atoms with Gasteiger partial charge in [0.2, 0.25) is 0 Å².